The van der Waals surface area contributed by atoms with Gasteiger partial charge in [0.1, 0.15) is 17.7 Å². The van der Waals surface area contributed by atoms with Crippen LogP contribution in [0.4, 0.5) is 4.39 Å². The van der Waals surface area contributed by atoms with E-state index in [1.807, 2.05) is 0 Å². The molecule has 1 aliphatic rings. The van der Waals surface area contributed by atoms with Crippen molar-refractivity contribution in [3.05, 3.63) is 29.6 Å². The van der Waals surface area contributed by atoms with E-state index in [0.29, 0.717) is 11.3 Å². The Kier molecular flexibility index (Phi) is 4.22. The smallest absolute Gasteiger partial charge is 0.322 e. The molecule has 0 saturated heterocycles. The fraction of sp³-hybridized carbons (Fsp3) is 0.500. The van der Waals surface area contributed by atoms with Crippen LogP contribution in [0.15, 0.2) is 18.2 Å². The summed E-state index contributed by atoms with van der Waals surface area (Å²) < 4.78 is 43.1. The summed E-state index contributed by atoms with van der Waals surface area (Å²) in [7, 11) is -3.85. The van der Waals surface area contributed by atoms with Crippen molar-refractivity contribution in [1.82, 2.24) is 0 Å². The molecule has 1 N–H and O–H groups in total. The van der Waals surface area contributed by atoms with Gasteiger partial charge < -0.3 is 9.84 Å². The summed E-state index contributed by atoms with van der Waals surface area (Å²) in [6, 6.07) is 4.00. The molecule has 1 aliphatic heterocycles. The predicted octanol–water partition coefficient (Wildman–Crippen LogP) is 1.65. The molecule has 2 rings (SSSR count). The first-order valence-corrected chi connectivity index (χ1v) is 8.31. The highest BCUT2D eigenvalue weighted by Gasteiger charge is 2.38. The van der Waals surface area contributed by atoms with Gasteiger partial charge in [-0.3, -0.25) is 4.79 Å². The molecule has 0 radical (unpaired) electrons. The number of ether oxygens (including phenoxy) is 1. The van der Waals surface area contributed by atoms with Gasteiger partial charge in [-0.1, -0.05) is 13.8 Å². The molecule has 2 atom stereocenters. The van der Waals surface area contributed by atoms with Crippen LogP contribution < -0.4 is 4.74 Å². The van der Waals surface area contributed by atoms with Crippen molar-refractivity contribution >= 4 is 15.8 Å². The monoisotopic (exact) mass is 316 g/mol. The molecule has 1 aromatic carbocycles. The minimum Gasteiger partial charge on any atom is -0.489 e. The van der Waals surface area contributed by atoms with Gasteiger partial charge in [0.05, 0.1) is 5.75 Å². The molecule has 21 heavy (non-hydrogen) atoms. The van der Waals surface area contributed by atoms with Crippen molar-refractivity contribution in [3.8, 4) is 5.75 Å². The molecule has 0 aliphatic carbocycles. The Hall–Kier alpha value is -1.63. The Morgan fingerprint density at radius 1 is 1.48 bits per heavy atom. The number of carboxylic acid groups (broad SMARTS) is 1. The Balaban J connectivity index is 2.15. The molecule has 5 nitrogen and oxygen atoms in total. The third-order valence-electron chi connectivity index (χ3n) is 3.42. The number of carbonyl (C=O) groups is 1. The lowest BCUT2D eigenvalue weighted by Crippen LogP contribution is -2.40. The maximum absolute atomic E-state index is 13.1. The highest BCUT2D eigenvalue weighted by Crippen LogP contribution is 2.30. The van der Waals surface area contributed by atoms with Crippen LogP contribution in [0.25, 0.3) is 0 Å². The van der Waals surface area contributed by atoms with Gasteiger partial charge in [0.15, 0.2) is 15.1 Å². The lowest BCUT2D eigenvalue weighted by Gasteiger charge is -2.19. The van der Waals surface area contributed by atoms with Gasteiger partial charge in [0.25, 0.3) is 0 Å². The highest BCUT2D eigenvalue weighted by molar-refractivity contribution is 7.92. The Morgan fingerprint density at radius 2 is 2.14 bits per heavy atom. The van der Waals surface area contributed by atoms with Crippen LogP contribution >= 0.6 is 0 Å². The summed E-state index contributed by atoms with van der Waals surface area (Å²) in [5, 5.41) is 7.64. The van der Waals surface area contributed by atoms with Gasteiger partial charge in [-0.05, 0) is 24.1 Å². The van der Waals surface area contributed by atoms with E-state index in [4.69, 9.17) is 9.84 Å². The molecule has 0 spiro atoms. The summed E-state index contributed by atoms with van der Waals surface area (Å²) >= 11 is 0. The zero-order valence-electron chi connectivity index (χ0n) is 11.7. The van der Waals surface area contributed by atoms with Gasteiger partial charge in [-0.15, -0.1) is 0 Å². The quantitative estimate of drug-likeness (QED) is 0.893. The number of rotatable bonds is 5. The topological polar surface area (TPSA) is 80.7 Å². The molecule has 0 aromatic heterocycles. The first-order chi connectivity index (χ1) is 9.70. The van der Waals surface area contributed by atoms with Crippen molar-refractivity contribution in [3.63, 3.8) is 0 Å². The molecular formula is C14H17FO5S. The molecule has 7 heteroatoms. The molecule has 0 fully saturated rings. The number of hydrogen-bond acceptors (Lipinski definition) is 4. The number of hydrogen-bond donors (Lipinski definition) is 1. The van der Waals surface area contributed by atoms with Gasteiger partial charge in [-0.2, -0.15) is 0 Å². The third-order valence-corrected chi connectivity index (χ3v) is 5.77. The average molecular weight is 316 g/mol. The minimum absolute atomic E-state index is 0.261. The Morgan fingerprint density at radius 3 is 2.71 bits per heavy atom. The second-order valence-corrected chi connectivity index (χ2v) is 7.70. The van der Waals surface area contributed by atoms with Gasteiger partial charge in [0.2, 0.25) is 0 Å². The maximum atomic E-state index is 13.1. The standard InChI is InChI=1S/C14H17FO5S/c1-8(2)13(14(16)17)21(18,19)7-11-6-9-5-10(15)3-4-12(9)20-11/h3-5,8,11,13H,6-7H2,1-2H3,(H,16,17). The molecule has 0 amide bonds. The van der Waals surface area contributed by atoms with E-state index in [1.165, 1.54) is 18.2 Å². The van der Waals surface area contributed by atoms with Crippen LogP contribution in [-0.2, 0) is 21.1 Å². The third kappa shape index (κ3) is 3.34. The molecule has 1 aromatic rings. The summed E-state index contributed by atoms with van der Waals surface area (Å²) in [6.45, 7) is 3.10. The van der Waals surface area contributed by atoms with E-state index < -0.39 is 44.6 Å². The van der Waals surface area contributed by atoms with Crippen LogP contribution in [-0.4, -0.2) is 36.6 Å². The average Bonchev–Trinajstić information content (AvgIpc) is 2.67. The van der Waals surface area contributed by atoms with E-state index in [1.54, 1.807) is 13.8 Å². The number of halogens is 1. The molecule has 0 saturated carbocycles. The normalized spacial score (nSPS) is 19.1. The number of benzene rings is 1. The van der Waals surface area contributed by atoms with Crippen LogP contribution in [0.2, 0.25) is 0 Å². The van der Waals surface area contributed by atoms with Crippen molar-refractivity contribution in [1.29, 1.82) is 0 Å². The van der Waals surface area contributed by atoms with Gasteiger partial charge in [0, 0.05) is 12.0 Å². The summed E-state index contributed by atoms with van der Waals surface area (Å²) in [6.07, 6.45) is -0.413. The lowest BCUT2D eigenvalue weighted by molar-refractivity contribution is -0.137. The zero-order valence-corrected chi connectivity index (χ0v) is 12.6. The Labute approximate surface area is 122 Å². The fourth-order valence-electron chi connectivity index (χ4n) is 2.60. The van der Waals surface area contributed by atoms with Gasteiger partial charge >= 0.3 is 5.97 Å². The first-order valence-electron chi connectivity index (χ1n) is 6.60. The van der Waals surface area contributed by atoms with Crippen molar-refractivity contribution < 1.29 is 27.4 Å². The predicted molar refractivity (Wildman–Crippen MR) is 74.6 cm³/mol. The van der Waals surface area contributed by atoms with Crippen LogP contribution in [0.3, 0.4) is 0 Å². The molecule has 116 valence electrons. The second-order valence-electron chi connectivity index (χ2n) is 5.53. The summed E-state index contributed by atoms with van der Waals surface area (Å²) in [5.74, 6) is -2.24. The van der Waals surface area contributed by atoms with E-state index in [0.717, 1.165) is 0 Å². The zero-order chi connectivity index (χ0) is 15.8. The largest absolute Gasteiger partial charge is 0.489 e. The van der Waals surface area contributed by atoms with Crippen LogP contribution in [0, 0.1) is 11.7 Å². The molecule has 1 heterocycles. The molecule has 0 bridgehead atoms. The number of carboxylic acids is 1. The summed E-state index contributed by atoms with van der Waals surface area (Å²) in [5.41, 5.74) is 0.603. The number of fused-ring (bicyclic) bond motifs is 1. The van der Waals surface area contributed by atoms with E-state index in [9.17, 15) is 17.6 Å². The first kappa shape index (κ1) is 15.8. The SMILES string of the molecule is CC(C)C(C(=O)O)S(=O)(=O)CC1Cc2cc(F)ccc2O1. The number of aliphatic carboxylic acids is 1. The second kappa shape index (κ2) is 5.63. The minimum atomic E-state index is -3.85. The van der Waals surface area contributed by atoms with Crippen molar-refractivity contribution in [2.75, 3.05) is 5.75 Å². The summed E-state index contributed by atoms with van der Waals surface area (Å²) in [4.78, 5) is 11.2. The molecule has 2 unspecified atom stereocenters. The maximum Gasteiger partial charge on any atom is 0.322 e. The number of sulfone groups is 1. The highest BCUT2D eigenvalue weighted by atomic mass is 32.2. The van der Waals surface area contributed by atoms with E-state index in [2.05, 4.69) is 0 Å². The molecular weight excluding hydrogens is 299 g/mol. The van der Waals surface area contributed by atoms with Crippen LogP contribution in [0.5, 0.6) is 5.75 Å². The lowest BCUT2D eigenvalue weighted by atomic mass is 10.1. The van der Waals surface area contributed by atoms with Crippen molar-refractivity contribution in [2.24, 2.45) is 5.92 Å². The van der Waals surface area contributed by atoms with Crippen LogP contribution in [0.1, 0.15) is 19.4 Å². The van der Waals surface area contributed by atoms with E-state index in [-0.39, 0.29) is 6.42 Å². The Bertz CT molecular complexity index is 653. The fourth-order valence-corrected chi connectivity index (χ4v) is 4.65. The van der Waals surface area contributed by atoms with Gasteiger partial charge in [-0.25, -0.2) is 12.8 Å². The van der Waals surface area contributed by atoms with Crippen molar-refractivity contribution in [2.45, 2.75) is 31.6 Å². The van der Waals surface area contributed by atoms with E-state index >= 15 is 0 Å².